The Morgan fingerprint density at radius 2 is 1.62 bits per heavy atom. The number of carbonyl (C=O) groups excluding carboxylic acids is 2. The van der Waals surface area contributed by atoms with Gasteiger partial charge in [0.2, 0.25) is 5.91 Å². The first kappa shape index (κ1) is 20.8. The molecule has 0 bridgehead atoms. The van der Waals surface area contributed by atoms with E-state index in [4.69, 9.17) is 0 Å². The summed E-state index contributed by atoms with van der Waals surface area (Å²) < 4.78 is 40.4. The van der Waals surface area contributed by atoms with E-state index < -0.39 is 21.7 Å². The van der Waals surface area contributed by atoms with Crippen molar-refractivity contribution in [2.75, 3.05) is 4.72 Å². The van der Waals surface area contributed by atoms with Gasteiger partial charge in [0.15, 0.2) is 0 Å². The van der Waals surface area contributed by atoms with Crippen molar-refractivity contribution in [3.05, 3.63) is 59.9 Å². The summed E-state index contributed by atoms with van der Waals surface area (Å²) in [6.07, 6.45) is 4.69. The van der Waals surface area contributed by atoms with Crippen molar-refractivity contribution in [2.24, 2.45) is 5.92 Å². The Kier molecular flexibility index (Phi) is 6.48. The highest BCUT2D eigenvalue weighted by Gasteiger charge is 2.22. The number of halogens is 1. The third-order valence-electron chi connectivity index (χ3n) is 4.78. The molecule has 29 heavy (non-hydrogen) atoms. The van der Waals surface area contributed by atoms with Crippen molar-refractivity contribution in [3.8, 4) is 0 Å². The van der Waals surface area contributed by atoms with Crippen LogP contribution in [0.15, 0.2) is 53.4 Å². The first-order chi connectivity index (χ1) is 13.8. The number of hydrogen-bond acceptors (Lipinski definition) is 4. The van der Waals surface area contributed by atoms with E-state index in [9.17, 15) is 22.4 Å². The number of sulfonamides is 1. The fraction of sp³-hybridized carbons (Fsp3) is 0.300. The summed E-state index contributed by atoms with van der Waals surface area (Å²) in [5.41, 5.74) is 5.03. The number of benzene rings is 2. The molecule has 0 atom stereocenters. The molecular weight excluding hydrogens is 397 g/mol. The predicted molar refractivity (Wildman–Crippen MR) is 106 cm³/mol. The fourth-order valence-electron chi connectivity index (χ4n) is 3.19. The zero-order chi connectivity index (χ0) is 20.9. The minimum atomic E-state index is -3.97. The van der Waals surface area contributed by atoms with E-state index in [-0.39, 0.29) is 28.0 Å². The highest BCUT2D eigenvalue weighted by molar-refractivity contribution is 7.92. The molecule has 1 saturated carbocycles. The topological polar surface area (TPSA) is 104 Å². The third kappa shape index (κ3) is 5.54. The number of hydrogen-bond donors (Lipinski definition) is 3. The van der Waals surface area contributed by atoms with Crippen molar-refractivity contribution < 1.29 is 22.4 Å². The fourth-order valence-corrected chi connectivity index (χ4v) is 4.30. The lowest BCUT2D eigenvalue weighted by molar-refractivity contribution is -0.126. The maximum absolute atomic E-state index is 13.0. The van der Waals surface area contributed by atoms with Gasteiger partial charge in [0.25, 0.3) is 15.9 Å². The van der Waals surface area contributed by atoms with Gasteiger partial charge in [-0.05, 0) is 55.3 Å². The van der Waals surface area contributed by atoms with Gasteiger partial charge >= 0.3 is 0 Å². The maximum Gasteiger partial charge on any atom is 0.269 e. The third-order valence-corrected chi connectivity index (χ3v) is 6.16. The van der Waals surface area contributed by atoms with E-state index in [1.54, 1.807) is 0 Å². The Morgan fingerprint density at radius 3 is 2.31 bits per heavy atom. The van der Waals surface area contributed by atoms with E-state index in [0.717, 1.165) is 44.2 Å². The summed E-state index contributed by atoms with van der Waals surface area (Å²) >= 11 is 0. The molecule has 0 radical (unpaired) electrons. The highest BCUT2D eigenvalue weighted by atomic mass is 32.2. The van der Waals surface area contributed by atoms with E-state index in [1.165, 1.54) is 36.4 Å². The number of nitrogens with one attached hydrogen (secondary N) is 3. The van der Waals surface area contributed by atoms with E-state index >= 15 is 0 Å². The van der Waals surface area contributed by atoms with Crippen LogP contribution in [0.2, 0.25) is 0 Å². The van der Waals surface area contributed by atoms with Gasteiger partial charge in [0.1, 0.15) is 5.82 Å². The van der Waals surface area contributed by atoms with E-state index in [0.29, 0.717) is 0 Å². The van der Waals surface area contributed by atoms with Crippen LogP contribution in [0.3, 0.4) is 0 Å². The molecule has 1 aliphatic carbocycles. The molecule has 7 nitrogen and oxygen atoms in total. The lowest BCUT2D eigenvalue weighted by Crippen LogP contribution is -2.45. The monoisotopic (exact) mass is 419 g/mol. The quantitative estimate of drug-likeness (QED) is 0.648. The summed E-state index contributed by atoms with van der Waals surface area (Å²) in [6.45, 7) is 0. The number of anilines is 1. The molecule has 2 aromatic carbocycles. The summed E-state index contributed by atoms with van der Waals surface area (Å²) in [5.74, 6) is -1.45. The van der Waals surface area contributed by atoms with Gasteiger partial charge in [-0.3, -0.25) is 25.2 Å². The zero-order valence-corrected chi connectivity index (χ0v) is 16.5. The van der Waals surface area contributed by atoms with Crippen LogP contribution in [-0.4, -0.2) is 20.2 Å². The number of rotatable bonds is 5. The van der Waals surface area contributed by atoms with Gasteiger partial charge in [0.05, 0.1) is 4.90 Å². The molecule has 0 heterocycles. The maximum atomic E-state index is 13.0. The summed E-state index contributed by atoms with van der Waals surface area (Å²) in [6, 6.07) is 10.3. The van der Waals surface area contributed by atoms with Gasteiger partial charge in [-0.2, -0.15) is 0 Å². The average Bonchev–Trinajstić information content (AvgIpc) is 2.74. The van der Waals surface area contributed by atoms with Gasteiger partial charge in [-0.1, -0.05) is 25.3 Å². The smallest absolute Gasteiger partial charge is 0.269 e. The van der Waals surface area contributed by atoms with Crippen LogP contribution in [-0.2, 0) is 14.8 Å². The van der Waals surface area contributed by atoms with Gasteiger partial charge in [-0.25, -0.2) is 12.8 Å². The average molecular weight is 419 g/mol. The van der Waals surface area contributed by atoms with Crippen molar-refractivity contribution >= 4 is 27.5 Å². The summed E-state index contributed by atoms with van der Waals surface area (Å²) in [7, 11) is -3.97. The van der Waals surface area contributed by atoms with Crippen molar-refractivity contribution in [1.29, 1.82) is 0 Å². The van der Waals surface area contributed by atoms with Crippen LogP contribution >= 0.6 is 0 Å². The molecule has 0 aromatic heterocycles. The lowest BCUT2D eigenvalue weighted by atomic mass is 9.89. The lowest BCUT2D eigenvalue weighted by Gasteiger charge is -2.20. The molecule has 2 amide bonds. The summed E-state index contributed by atoms with van der Waals surface area (Å²) in [4.78, 5) is 24.3. The van der Waals surface area contributed by atoms with Crippen molar-refractivity contribution in [3.63, 3.8) is 0 Å². The molecule has 9 heteroatoms. The number of hydrazine groups is 1. The predicted octanol–water partition coefficient (Wildman–Crippen LogP) is 2.97. The molecular formula is C20H22FN3O4S. The van der Waals surface area contributed by atoms with Crippen LogP contribution in [0.25, 0.3) is 0 Å². The number of carbonyl (C=O) groups is 2. The Morgan fingerprint density at radius 1 is 0.931 bits per heavy atom. The second-order valence-electron chi connectivity index (χ2n) is 6.92. The molecule has 3 N–H and O–H groups in total. The second-order valence-corrected chi connectivity index (χ2v) is 8.60. The molecule has 0 saturated heterocycles. The normalized spacial score (nSPS) is 14.8. The van der Waals surface area contributed by atoms with Gasteiger partial charge < -0.3 is 0 Å². The van der Waals surface area contributed by atoms with Crippen LogP contribution in [0.1, 0.15) is 42.5 Å². The zero-order valence-electron chi connectivity index (χ0n) is 15.7. The van der Waals surface area contributed by atoms with Crippen molar-refractivity contribution in [2.45, 2.75) is 37.0 Å². The molecule has 1 fully saturated rings. The van der Waals surface area contributed by atoms with E-state index in [1.807, 2.05) is 0 Å². The first-order valence-electron chi connectivity index (χ1n) is 9.34. The molecule has 154 valence electrons. The summed E-state index contributed by atoms with van der Waals surface area (Å²) in [5, 5.41) is 0. The van der Waals surface area contributed by atoms with Crippen LogP contribution in [0.4, 0.5) is 10.1 Å². The highest BCUT2D eigenvalue weighted by Crippen LogP contribution is 2.23. The molecule has 0 spiro atoms. The minimum Gasteiger partial charge on any atom is -0.280 e. The first-order valence-corrected chi connectivity index (χ1v) is 10.8. The Labute approximate surface area is 168 Å². The van der Waals surface area contributed by atoms with Crippen LogP contribution < -0.4 is 15.6 Å². The van der Waals surface area contributed by atoms with Gasteiger partial charge in [0, 0.05) is 17.2 Å². The van der Waals surface area contributed by atoms with E-state index in [2.05, 4.69) is 15.6 Å². The largest absolute Gasteiger partial charge is 0.280 e. The molecule has 1 aliphatic rings. The van der Waals surface area contributed by atoms with Gasteiger partial charge in [-0.15, -0.1) is 0 Å². The molecule has 3 rings (SSSR count). The Bertz CT molecular complexity index is 987. The van der Waals surface area contributed by atoms with Crippen molar-refractivity contribution in [1.82, 2.24) is 10.9 Å². The second kappa shape index (κ2) is 9.04. The number of amides is 2. The van der Waals surface area contributed by atoms with Crippen LogP contribution in [0.5, 0.6) is 0 Å². The minimum absolute atomic E-state index is 0.0796. The molecule has 0 aliphatic heterocycles. The Hall–Kier alpha value is -2.94. The Balaban J connectivity index is 1.65. The molecule has 2 aromatic rings. The van der Waals surface area contributed by atoms with Crippen LogP contribution in [0, 0.1) is 11.7 Å². The standard InChI is InChI=1S/C20H22FN3O4S/c21-16-9-11-17(12-10-16)24-29(27,28)18-8-4-7-15(13-18)20(26)23-22-19(25)14-5-2-1-3-6-14/h4,7-14,24H,1-3,5-6H2,(H,22,25)(H,23,26). The SMILES string of the molecule is O=C(NNC(=O)C1CCCCC1)c1cccc(S(=O)(=O)Nc2ccc(F)cc2)c1. The molecule has 0 unspecified atom stereocenters.